The summed E-state index contributed by atoms with van der Waals surface area (Å²) in [7, 11) is 0. The van der Waals surface area contributed by atoms with Crippen molar-refractivity contribution < 1.29 is 14.7 Å². The summed E-state index contributed by atoms with van der Waals surface area (Å²) < 4.78 is 0. The smallest absolute Gasteiger partial charge is 0.336 e. The van der Waals surface area contributed by atoms with Gasteiger partial charge in [0.25, 0.3) is 0 Å². The van der Waals surface area contributed by atoms with Crippen LogP contribution in [0.3, 0.4) is 0 Å². The molecule has 0 aliphatic carbocycles. The number of aromatic carboxylic acids is 1. The Bertz CT molecular complexity index is 493. The Morgan fingerprint density at radius 1 is 1.32 bits per heavy atom. The van der Waals surface area contributed by atoms with Gasteiger partial charge in [-0.05, 0) is 37.5 Å². The number of carboxylic acid groups (broad SMARTS) is 1. The zero-order chi connectivity index (χ0) is 14.6. The lowest BCUT2D eigenvalue weighted by molar-refractivity contribution is -0.121. The van der Waals surface area contributed by atoms with Gasteiger partial charge in [-0.3, -0.25) is 4.79 Å². The van der Waals surface area contributed by atoms with Gasteiger partial charge in [-0.15, -0.1) is 0 Å². The average Bonchev–Trinajstić information content (AvgIpc) is 2.39. The molecule has 1 aromatic carbocycles. The van der Waals surface area contributed by atoms with E-state index in [9.17, 15) is 9.59 Å². The third-order valence-corrected chi connectivity index (χ3v) is 3.53. The van der Waals surface area contributed by atoms with Gasteiger partial charge in [0.05, 0.1) is 11.1 Å². The Kier molecular flexibility index (Phi) is 4.67. The molecule has 1 aromatic rings. The van der Waals surface area contributed by atoms with Gasteiger partial charge in [-0.1, -0.05) is 19.9 Å². The van der Waals surface area contributed by atoms with Crippen molar-refractivity contribution in [1.82, 2.24) is 0 Å². The monoisotopic (exact) mass is 264 g/mol. The Morgan fingerprint density at radius 3 is 2.37 bits per heavy atom. The summed E-state index contributed by atoms with van der Waals surface area (Å²) in [4.78, 5) is 23.2. The second kappa shape index (κ2) is 5.84. The molecule has 19 heavy (non-hydrogen) atoms. The summed E-state index contributed by atoms with van der Waals surface area (Å²) in [5.41, 5.74) is 6.27. The van der Waals surface area contributed by atoms with Crippen molar-refractivity contribution in [1.29, 1.82) is 0 Å². The second-order valence-electron chi connectivity index (χ2n) is 4.60. The highest BCUT2D eigenvalue weighted by molar-refractivity contribution is 6.00. The highest BCUT2D eigenvalue weighted by Gasteiger charge is 2.30. The van der Waals surface area contributed by atoms with E-state index in [4.69, 9.17) is 10.8 Å². The Hall–Kier alpha value is -1.88. The summed E-state index contributed by atoms with van der Waals surface area (Å²) in [6.45, 7) is 5.36. The first-order chi connectivity index (χ1) is 8.85. The molecule has 0 heterocycles. The molecule has 4 N–H and O–H groups in total. The highest BCUT2D eigenvalue weighted by atomic mass is 16.4. The van der Waals surface area contributed by atoms with Gasteiger partial charge in [-0.2, -0.15) is 0 Å². The van der Waals surface area contributed by atoms with E-state index in [0.717, 1.165) is 0 Å². The average molecular weight is 264 g/mol. The summed E-state index contributed by atoms with van der Waals surface area (Å²) in [6.07, 6.45) is 1.04. The number of carbonyl (C=O) groups excluding carboxylic acids is 1. The molecule has 104 valence electrons. The van der Waals surface area contributed by atoms with Crippen LogP contribution in [-0.2, 0) is 4.79 Å². The molecule has 5 nitrogen and oxygen atoms in total. The fraction of sp³-hybridized carbons (Fsp3) is 0.429. The third kappa shape index (κ3) is 3.12. The maximum atomic E-state index is 12.1. The molecule has 0 aliphatic heterocycles. The van der Waals surface area contributed by atoms with Gasteiger partial charge in [0.1, 0.15) is 0 Å². The van der Waals surface area contributed by atoms with Gasteiger partial charge in [0.2, 0.25) is 5.91 Å². The van der Waals surface area contributed by atoms with Crippen molar-refractivity contribution in [3.63, 3.8) is 0 Å². The number of hydrogen-bond donors (Lipinski definition) is 3. The minimum Gasteiger partial charge on any atom is -0.478 e. The zero-order valence-electron chi connectivity index (χ0n) is 11.5. The second-order valence-corrected chi connectivity index (χ2v) is 4.60. The normalized spacial score (nSPS) is 11.2. The summed E-state index contributed by atoms with van der Waals surface area (Å²) >= 11 is 0. The molecule has 1 rings (SSSR count). The van der Waals surface area contributed by atoms with Crippen molar-refractivity contribution in [2.45, 2.75) is 39.2 Å². The van der Waals surface area contributed by atoms with E-state index < -0.39 is 11.5 Å². The van der Waals surface area contributed by atoms with E-state index in [1.807, 2.05) is 13.8 Å². The van der Waals surface area contributed by atoms with Crippen LogP contribution in [0.5, 0.6) is 0 Å². The quantitative estimate of drug-likeness (QED) is 0.759. The molecule has 0 radical (unpaired) electrons. The summed E-state index contributed by atoms with van der Waals surface area (Å²) in [6, 6.07) is 4.77. The molecule has 5 heteroatoms. The Morgan fingerprint density at radius 2 is 1.89 bits per heavy atom. The van der Waals surface area contributed by atoms with E-state index in [2.05, 4.69) is 5.32 Å². The minimum atomic E-state index is -1.02. The Balaban J connectivity index is 3.04. The van der Waals surface area contributed by atoms with Gasteiger partial charge >= 0.3 is 5.97 Å². The summed E-state index contributed by atoms with van der Waals surface area (Å²) in [5, 5.41) is 11.8. The minimum absolute atomic E-state index is 0.174. The third-order valence-electron chi connectivity index (χ3n) is 3.53. The Labute approximate surface area is 112 Å². The fourth-order valence-electron chi connectivity index (χ4n) is 1.82. The lowest BCUT2D eigenvalue weighted by Crippen LogP contribution is -2.50. The molecular formula is C14H20N2O3. The van der Waals surface area contributed by atoms with Crippen molar-refractivity contribution in [3.8, 4) is 0 Å². The highest BCUT2D eigenvalue weighted by Crippen LogP contribution is 2.21. The van der Waals surface area contributed by atoms with Gasteiger partial charge in [-0.25, -0.2) is 4.79 Å². The number of nitrogens with two attached hydrogens (primary N) is 1. The first-order valence-electron chi connectivity index (χ1n) is 6.29. The van der Waals surface area contributed by atoms with Crippen LogP contribution in [0.1, 0.15) is 42.6 Å². The topological polar surface area (TPSA) is 92.4 Å². The molecule has 0 unspecified atom stereocenters. The van der Waals surface area contributed by atoms with Gasteiger partial charge in [0, 0.05) is 5.69 Å². The van der Waals surface area contributed by atoms with E-state index in [1.165, 1.54) is 6.07 Å². The van der Waals surface area contributed by atoms with Crippen LogP contribution in [0, 0.1) is 6.92 Å². The molecule has 0 aliphatic rings. The number of hydrogen-bond acceptors (Lipinski definition) is 3. The number of amides is 1. The standard InChI is InChI=1S/C14H20N2O3/c1-4-14(15,5-2)13(19)16-11-8-6-7-10(9(11)3)12(17)18/h6-8H,4-5,15H2,1-3H3,(H,16,19)(H,17,18). The van der Waals surface area contributed by atoms with Crippen LogP contribution in [0.2, 0.25) is 0 Å². The van der Waals surface area contributed by atoms with E-state index in [0.29, 0.717) is 24.1 Å². The molecule has 0 saturated carbocycles. The van der Waals surface area contributed by atoms with Crippen LogP contribution in [0.25, 0.3) is 0 Å². The lowest BCUT2D eigenvalue weighted by atomic mass is 9.93. The van der Waals surface area contributed by atoms with Crippen LogP contribution >= 0.6 is 0 Å². The molecule has 0 spiro atoms. The molecule has 0 saturated heterocycles. The number of carboxylic acids is 1. The molecule has 0 fully saturated rings. The van der Waals surface area contributed by atoms with Gasteiger partial charge < -0.3 is 16.2 Å². The molecule has 0 bridgehead atoms. The number of benzene rings is 1. The largest absolute Gasteiger partial charge is 0.478 e. The molecular weight excluding hydrogens is 244 g/mol. The van der Waals surface area contributed by atoms with E-state index >= 15 is 0 Å². The summed E-state index contributed by atoms with van der Waals surface area (Å²) in [5.74, 6) is -1.30. The maximum Gasteiger partial charge on any atom is 0.336 e. The predicted octanol–water partition coefficient (Wildman–Crippen LogP) is 2.15. The van der Waals surface area contributed by atoms with Crippen LogP contribution in [0.15, 0.2) is 18.2 Å². The molecule has 1 amide bonds. The number of carbonyl (C=O) groups is 2. The van der Waals surface area contributed by atoms with E-state index in [1.54, 1.807) is 19.1 Å². The van der Waals surface area contributed by atoms with Crippen molar-refractivity contribution >= 4 is 17.6 Å². The maximum absolute atomic E-state index is 12.1. The lowest BCUT2D eigenvalue weighted by Gasteiger charge is -2.25. The SMILES string of the molecule is CCC(N)(CC)C(=O)Nc1cccc(C(=O)O)c1C. The number of nitrogens with one attached hydrogen (secondary N) is 1. The van der Waals surface area contributed by atoms with Crippen molar-refractivity contribution in [2.24, 2.45) is 5.73 Å². The first-order valence-corrected chi connectivity index (χ1v) is 6.29. The van der Waals surface area contributed by atoms with Crippen LogP contribution < -0.4 is 11.1 Å². The number of rotatable bonds is 5. The van der Waals surface area contributed by atoms with E-state index in [-0.39, 0.29) is 11.5 Å². The fourth-order valence-corrected chi connectivity index (χ4v) is 1.82. The molecule has 0 aromatic heterocycles. The van der Waals surface area contributed by atoms with Crippen molar-refractivity contribution in [3.05, 3.63) is 29.3 Å². The number of anilines is 1. The first kappa shape index (κ1) is 15.2. The van der Waals surface area contributed by atoms with Crippen LogP contribution in [-0.4, -0.2) is 22.5 Å². The van der Waals surface area contributed by atoms with Gasteiger partial charge in [0.15, 0.2) is 0 Å². The van der Waals surface area contributed by atoms with Crippen LogP contribution in [0.4, 0.5) is 5.69 Å². The zero-order valence-corrected chi connectivity index (χ0v) is 11.5. The molecule has 0 atom stereocenters. The predicted molar refractivity (Wildman–Crippen MR) is 74.3 cm³/mol. The van der Waals surface area contributed by atoms with Crippen molar-refractivity contribution in [2.75, 3.05) is 5.32 Å².